The van der Waals surface area contributed by atoms with Crippen LogP contribution in [0.4, 0.5) is 0 Å². The molecule has 0 rings (SSSR count). The van der Waals surface area contributed by atoms with Crippen molar-refractivity contribution in [1.29, 1.82) is 0 Å². The zero-order valence-corrected chi connectivity index (χ0v) is 11.4. The molecule has 0 radical (unpaired) electrons. The second kappa shape index (κ2) is 8.50. The molecule has 0 saturated carbocycles. The number of nitrogens with one attached hydrogen (secondary N) is 1. The van der Waals surface area contributed by atoms with Gasteiger partial charge in [-0.2, -0.15) is 0 Å². The number of unbranched alkanes of at least 4 members (excludes halogenated alkanes) is 1. The first-order valence-corrected chi connectivity index (χ1v) is 6.46. The average molecular weight is 244 g/mol. The Bertz CT molecular complexity index is 229. The number of nitrogens with two attached hydrogens (primary N) is 1. The second-order valence-electron chi connectivity index (χ2n) is 4.54. The van der Waals surface area contributed by atoms with E-state index in [1.54, 1.807) is 0 Å². The molecule has 3 N–H and O–H groups in total. The SMILES string of the molecule is CCC(C(=O)NCCCCC(C)C)C(N)=S. The molecule has 94 valence electrons. The largest absolute Gasteiger partial charge is 0.393 e. The molecule has 1 atom stereocenters. The molecule has 16 heavy (non-hydrogen) atoms. The summed E-state index contributed by atoms with van der Waals surface area (Å²) in [4.78, 5) is 11.9. The molecule has 1 unspecified atom stereocenters. The van der Waals surface area contributed by atoms with Crippen molar-refractivity contribution in [3.63, 3.8) is 0 Å². The van der Waals surface area contributed by atoms with E-state index in [-0.39, 0.29) is 11.8 Å². The highest BCUT2D eigenvalue weighted by Crippen LogP contribution is 2.06. The first-order valence-electron chi connectivity index (χ1n) is 6.06. The van der Waals surface area contributed by atoms with E-state index in [2.05, 4.69) is 19.2 Å². The minimum absolute atomic E-state index is 0.0282. The second-order valence-corrected chi connectivity index (χ2v) is 5.02. The maximum Gasteiger partial charge on any atom is 0.229 e. The number of amides is 1. The lowest BCUT2D eigenvalue weighted by molar-refractivity contribution is -0.123. The summed E-state index contributed by atoms with van der Waals surface area (Å²) in [5.74, 6) is 0.398. The zero-order chi connectivity index (χ0) is 12.6. The van der Waals surface area contributed by atoms with E-state index in [1.807, 2.05) is 6.92 Å². The fraction of sp³-hybridized carbons (Fsp3) is 0.833. The van der Waals surface area contributed by atoms with Gasteiger partial charge < -0.3 is 11.1 Å². The van der Waals surface area contributed by atoms with E-state index in [0.717, 1.165) is 25.3 Å². The van der Waals surface area contributed by atoms with Crippen molar-refractivity contribution in [3.05, 3.63) is 0 Å². The van der Waals surface area contributed by atoms with Crippen molar-refractivity contribution < 1.29 is 4.79 Å². The van der Waals surface area contributed by atoms with Crippen LogP contribution in [0.2, 0.25) is 0 Å². The van der Waals surface area contributed by atoms with Crippen molar-refractivity contribution in [2.24, 2.45) is 17.6 Å². The Hall–Kier alpha value is -0.640. The molecule has 1 amide bonds. The topological polar surface area (TPSA) is 55.1 Å². The van der Waals surface area contributed by atoms with Crippen LogP contribution in [0.5, 0.6) is 0 Å². The highest BCUT2D eigenvalue weighted by molar-refractivity contribution is 7.80. The molecule has 0 fully saturated rings. The molecule has 0 spiro atoms. The fourth-order valence-electron chi connectivity index (χ4n) is 1.53. The Kier molecular flexibility index (Phi) is 8.16. The maximum absolute atomic E-state index is 11.6. The molecular formula is C12H24N2OS. The monoisotopic (exact) mass is 244 g/mol. The van der Waals surface area contributed by atoms with E-state index < -0.39 is 0 Å². The van der Waals surface area contributed by atoms with Crippen LogP contribution in [0.15, 0.2) is 0 Å². The molecule has 0 aliphatic heterocycles. The predicted molar refractivity (Wildman–Crippen MR) is 72.3 cm³/mol. The van der Waals surface area contributed by atoms with Crippen LogP contribution >= 0.6 is 12.2 Å². The van der Waals surface area contributed by atoms with Gasteiger partial charge in [0.15, 0.2) is 0 Å². The Morgan fingerprint density at radius 3 is 2.44 bits per heavy atom. The predicted octanol–water partition coefficient (Wildman–Crippen LogP) is 2.24. The number of rotatable bonds is 8. The standard InChI is InChI=1S/C12H24N2OS/c1-4-10(11(13)16)12(15)14-8-6-5-7-9(2)3/h9-10H,4-8H2,1-3H3,(H2,13,16)(H,14,15). The van der Waals surface area contributed by atoms with Crippen molar-refractivity contribution in [2.75, 3.05) is 6.54 Å². The van der Waals surface area contributed by atoms with Gasteiger partial charge >= 0.3 is 0 Å². The lowest BCUT2D eigenvalue weighted by Crippen LogP contribution is -2.37. The Morgan fingerprint density at radius 1 is 1.38 bits per heavy atom. The van der Waals surface area contributed by atoms with E-state index in [0.29, 0.717) is 11.4 Å². The van der Waals surface area contributed by atoms with Crippen molar-refractivity contribution in [1.82, 2.24) is 5.32 Å². The van der Waals surface area contributed by atoms with Crippen molar-refractivity contribution >= 4 is 23.1 Å². The third kappa shape index (κ3) is 6.77. The summed E-state index contributed by atoms with van der Waals surface area (Å²) < 4.78 is 0. The van der Waals surface area contributed by atoms with Gasteiger partial charge in [-0.3, -0.25) is 4.79 Å². The third-order valence-corrected chi connectivity index (χ3v) is 2.86. The van der Waals surface area contributed by atoms with E-state index in [1.165, 1.54) is 6.42 Å². The van der Waals surface area contributed by atoms with E-state index in [4.69, 9.17) is 18.0 Å². The van der Waals surface area contributed by atoms with Gasteiger partial charge in [-0.1, -0.05) is 45.8 Å². The van der Waals surface area contributed by atoms with Gasteiger partial charge in [0, 0.05) is 6.54 Å². The molecule has 0 aliphatic rings. The molecule has 0 aromatic carbocycles. The van der Waals surface area contributed by atoms with Gasteiger partial charge in [0.05, 0.1) is 10.9 Å². The molecular weight excluding hydrogens is 220 g/mol. The van der Waals surface area contributed by atoms with Crippen LogP contribution in [-0.4, -0.2) is 17.4 Å². The van der Waals surface area contributed by atoms with Crippen LogP contribution in [0.1, 0.15) is 46.5 Å². The minimum atomic E-state index is -0.305. The van der Waals surface area contributed by atoms with Gasteiger partial charge in [-0.25, -0.2) is 0 Å². The average Bonchev–Trinajstić information content (AvgIpc) is 2.17. The number of hydrogen-bond donors (Lipinski definition) is 2. The van der Waals surface area contributed by atoms with Gasteiger partial charge in [0.1, 0.15) is 0 Å². The normalized spacial score (nSPS) is 12.5. The van der Waals surface area contributed by atoms with Crippen LogP contribution < -0.4 is 11.1 Å². The molecule has 0 heterocycles. The summed E-state index contributed by atoms with van der Waals surface area (Å²) >= 11 is 4.85. The molecule has 0 bridgehead atoms. The van der Waals surface area contributed by atoms with Gasteiger partial charge in [0.25, 0.3) is 0 Å². The highest BCUT2D eigenvalue weighted by Gasteiger charge is 2.18. The Morgan fingerprint density at radius 2 is 2.00 bits per heavy atom. The van der Waals surface area contributed by atoms with Crippen molar-refractivity contribution in [3.8, 4) is 0 Å². The third-order valence-electron chi connectivity index (χ3n) is 2.58. The quantitative estimate of drug-likeness (QED) is 0.508. The van der Waals surface area contributed by atoms with E-state index in [9.17, 15) is 4.79 Å². The molecule has 4 heteroatoms. The first-order chi connectivity index (χ1) is 7.49. The molecule has 0 aromatic heterocycles. The van der Waals surface area contributed by atoms with Crippen LogP contribution in [0.3, 0.4) is 0 Å². The van der Waals surface area contributed by atoms with Gasteiger partial charge in [0.2, 0.25) is 5.91 Å². The summed E-state index contributed by atoms with van der Waals surface area (Å²) in [5, 5.41) is 2.88. The lowest BCUT2D eigenvalue weighted by Gasteiger charge is -2.13. The van der Waals surface area contributed by atoms with Crippen LogP contribution in [0.25, 0.3) is 0 Å². The number of hydrogen-bond acceptors (Lipinski definition) is 2. The molecule has 0 aliphatic carbocycles. The Balaban J connectivity index is 3.68. The number of carbonyl (C=O) groups is 1. The number of thiocarbonyl (C=S) groups is 1. The highest BCUT2D eigenvalue weighted by atomic mass is 32.1. The van der Waals surface area contributed by atoms with Gasteiger partial charge in [-0.15, -0.1) is 0 Å². The molecule has 0 aromatic rings. The van der Waals surface area contributed by atoms with Gasteiger partial charge in [-0.05, 0) is 18.8 Å². The maximum atomic E-state index is 11.6. The summed E-state index contributed by atoms with van der Waals surface area (Å²) in [7, 11) is 0. The smallest absolute Gasteiger partial charge is 0.229 e. The summed E-state index contributed by atoms with van der Waals surface area (Å²) in [6.07, 6.45) is 4.06. The summed E-state index contributed by atoms with van der Waals surface area (Å²) in [6.45, 7) is 7.06. The zero-order valence-electron chi connectivity index (χ0n) is 10.6. The minimum Gasteiger partial charge on any atom is -0.393 e. The molecule has 3 nitrogen and oxygen atoms in total. The van der Waals surface area contributed by atoms with Crippen LogP contribution in [-0.2, 0) is 4.79 Å². The summed E-state index contributed by atoms with van der Waals surface area (Å²) in [6, 6.07) is 0. The lowest BCUT2D eigenvalue weighted by atomic mass is 10.1. The first kappa shape index (κ1) is 15.4. The molecule has 0 saturated heterocycles. The number of carbonyl (C=O) groups excluding carboxylic acids is 1. The van der Waals surface area contributed by atoms with E-state index >= 15 is 0 Å². The van der Waals surface area contributed by atoms with Crippen molar-refractivity contribution in [2.45, 2.75) is 46.5 Å². The fourth-order valence-corrected chi connectivity index (χ4v) is 1.80. The van der Waals surface area contributed by atoms with Crippen LogP contribution in [0, 0.1) is 11.8 Å². The summed E-state index contributed by atoms with van der Waals surface area (Å²) in [5.41, 5.74) is 5.49. The Labute approximate surface area is 104 Å².